The summed E-state index contributed by atoms with van der Waals surface area (Å²) in [5.74, 6) is 0. The first-order valence-corrected chi connectivity index (χ1v) is 5.96. The molecule has 1 fully saturated rings. The van der Waals surface area contributed by atoms with Gasteiger partial charge in [0, 0.05) is 13.8 Å². The zero-order valence-corrected chi connectivity index (χ0v) is 11.9. The van der Waals surface area contributed by atoms with Crippen LogP contribution in [0, 0.1) is 0 Å². The molecule has 0 aromatic heterocycles. The molecular formula is C11H19NO4Si+. The van der Waals surface area contributed by atoms with Gasteiger partial charge in [0.1, 0.15) is 12.2 Å². The van der Waals surface area contributed by atoms with Crippen molar-refractivity contribution in [3.63, 3.8) is 0 Å². The topological polar surface area (TPSA) is 52.6 Å². The number of rotatable bonds is 1. The summed E-state index contributed by atoms with van der Waals surface area (Å²) in [5, 5.41) is 0. The van der Waals surface area contributed by atoms with E-state index in [2.05, 4.69) is 10.4 Å². The third kappa shape index (κ3) is 2.43. The second-order valence-corrected chi connectivity index (χ2v) is 6.37. The van der Waals surface area contributed by atoms with Crippen LogP contribution in [0.2, 0.25) is 0 Å². The van der Waals surface area contributed by atoms with Gasteiger partial charge in [-0.3, -0.25) is 4.79 Å². The zero-order valence-electron chi connectivity index (χ0n) is 10.9. The molecule has 17 heavy (non-hydrogen) atoms. The largest absolute Gasteiger partial charge is 0.501 e. The first-order valence-electron chi connectivity index (χ1n) is 5.51. The van der Waals surface area contributed by atoms with Crippen molar-refractivity contribution in [1.82, 2.24) is 0 Å². The molecule has 1 amide bonds. The Hall–Kier alpha value is -0.723. The van der Waals surface area contributed by atoms with Crippen LogP contribution in [0.15, 0.2) is 0 Å². The van der Waals surface area contributed by atoms with Crippen molar-refractivity contribution >= 4 is 22.8 Å². The Morgan fingerprint density at radius 3 is 2.47 bits per heavy atom. The van der Waals surface area contributed by atoms with Gasteiger partial charge in [-0.25, -0.2) is 4.15 Å². The van der Waals surface area contributed by atoms with Crippen LogP contribution in [0.25, 0.3) is 0 Å². The van der Waals surface area contributed by atoms with Crippen LogP contribution in [-0.4, -0.2) is 50.9 Å². The molecule has 0 spiro atoms. The minimum atomic E-state index is -0.842. The van der Waals surface area contributed by atoms with Crippen molar-refractivity contribution in [2.45, 2.75) is 52.0 Å². The van der Waals surface area contributed by atoms with E-state index in [1.54, 1.807) is 34.6 Å². The van der Waals surface area contributed by atoms with Crippen molar-refractivity contribution in [1.29, 1.82) is 0 Å². The maximum atomic E-state index is 12.2. The Morgan fingerprint density at radius 2 is 2.06 bits per heavy atom. The van der Waals surface area contributed by atoms with Crippen molar-refractivity contribution < 1.29 is 23.2 Å². The summed E-state index contributed by atoms with van der Waals surface area (Å²) in [7, 11) is 3.38. The van der Waals surface area contributed by atoms with E-state index in [9.17, 15) is 9.59 Å². The third-order valence-corrected chi connectivity index (χ3v) is 3.85. The number of nitrogens with zero attached hydrogens (tertiary/aromatic N) is 1. The molecule has 1 unspecified atom stereocenters. The molecule has 0 aromatic carbocycles. The number of ether oxygens (including phenoxy) is 2. The molecule has 1 rings (SSSR count). The monoisotopic (exact) mass is 257 g/mol. The highest BCUT2D eigenvalue weighted by Gasteiger charge is 2.60. The van der Waals surface area contributed by atoms with E-state index in [1.807, 2.05) is 0 Å². The molecule has 1 aliphatic heterocycles. The Labute approximate surface area is 105 Å². The summed E-state index contributed by atoms with van der Waals surface area (Å²) in [6.45, 7) is 9.02. The first kappa shape index (κ1) is 14.3. The lowest BCUT2D eigenvalue weighted by atomic mass is 10.2. The van der Waals surface area contributed by atoms with E-state index in [0.717, 1.165) is 0 Å². The number of quaternary nitrogens is 1. The number of hydrogen-bond donors (Lipinski definition) is 0. The normalized spacial score (nSPS) is 32.2. The average molecular weight is 257 g/mol. The lowest BCUT2D eigenvalue weighted by Gasteiger charge is -2.39. The van der Waals surface area contributed by atoms with Gasteiger partial charge >= 0.3 is 16.5 Å². The van der Waals surface area contributed by atoms with Crippen molar-refractivity contribution in [3.8, 4) is 0 Å². The van der Waals surface area contributed by atoms with Crippen molar-refractivity contribution in [3.05, 3.63) is 0 Å². The Balaban J connectivity index is 3.05. The van der Waals surface area contributed by atoms with Gasteiger partial charge < -0.3 is 9.47 Å². The molecule has 0 aromatic rings. The molecule has 1 saturated heterocycles. The summed E-state index contributed by atoms with van der Waals surface area (Å²) >= 11 is 0. The van der Waals surface area contributed by atoms with Gasteiger partial charge in [0.05, 0.1) is 0 Å². The summed E-state index contributed by atoms with van der Waals surface area (Å²) < 4.78 is 10.5. The number of hydrogen-bond acceptors (Lipinski definition) is 4. The number of carbonyl (C=O) groups excluding carboxylic acids is 2. The van der Waals surface area contributed by atoms with E-state index in [1.165, 1.54) is 0 Å². The molecule has 0 N–H and O–H groups in total. The van der Waals surface area contributed by atoms with Crippen LogP contribution in [0.1, 0.15) is 34.6 Å². The highest BCUT2D eigenvalue weighted by Crippen LogP contribution is 2.35. The van der Waals surface area contributed by atoms with Gasteiger partial charge in [-0.15, -0.1) is 0 Å². The van der Waals surface area contributed by atoms with E-state index in [-0.39, 0.29) is 10.8 Å². The quantitative estimate of drug-likeness (QED) is 0.522. The highest BCUT2D eigenvalue weighted by molar-refractivity contribution is 6.05. The van der Waals surface area contributed by atoms with Gasteiger partial charge in [-0.1, -0.05) is 0 Å². The molecule has 2 atom stereocenters. The van der Waals surface area contributed by atoms with E-state index >= 15 is 0 Å². The van der Waals surface area contributed by atoms with E-state index < -0.39 is 23.5 Å². The number of aldehydes is 1. The van der Waals surface area contributed by atoms with Gasteiger partial charge in [-0.2, -0.15) is 4.79 Å². The first-order chi connectivity index (χ1) is 7.54. The molecule has 1 heterocycles. The predicted molar refractivity (Wildman–Crippen MR) is 62.1 cm³/mol. The maximum Gasteiger partial charge on any atom is 0.501 e. The Bertz CT molecular complexity index is 337. The van der Waals surface area contributed by atoms with Crippen LogP contribution in [-0.2, 0) is 14.3 Å². The molecule has 0 bridgehead atoms. The highest BCUT2D eigenvalue weighted by atomic mass is 28.2. The Kier molecular flexibility index (Phi) is 3.53. The fraction of sp³-hybridized carbons (Fsp3) is 0.818. The summed E-state index contributed by atoms with van der Waals surface area (Å²) in [5.41, 5.74) is -1.45. The minimum Gasteiger partial charge on any atom is -0.416 e. The van der Waals surface area contributed by atoms with Crippen LogP contribution >= 0.6 is 0 Å². The number of amides is 1. The Morgan fingerprint density at radius 1 is 1.53 bits per heavy atom. The van der Waals surface area contributed by atoms with Crippen LogP contribution in [0.3, 0.4) is 0 Å². The average Bonchev–Trinajstić information content (AvgIpc) is 2.37. The standard InChI is InChI=1S/C11H19NO4Si/c1-10(2,3)16-9(14)12(17)8(6-13)7-15-11(12,4)5/h6,8H,7H2,1-5H3/q+1/t8-,12?/m1/s1. The third-order valence-electron chi connectivity index (χ3n) is 2.79. The van der Waals surface area contributed by atoms with E-state index in [4.69, 9.17) is 9.47 Å². The van der Waals surface area contributed by atoms with Crippen LogP contribution < -0.4 is 0 Å². The second kappa shape index (κ2) is 4.19. The summed E-state index contributed by atoms with van der Waals surface area (Å²) in [6.07, 6.45) is 0.194. The molecule has 0 saturated carbocycles. The van der Waals surface area contributed by atoms with Crippen LogP contribution in [0.4, 0.5) is 4.79 Å². The van der Waals surface area contributed by atoms with E-state index in [0.29, 0.717) is 6.29 Å². The van der Waals surface area contributed by atoms with Crippen LogP contribution in [0.5, 0.6) is 0 Å². The molecule has 0 aliphatic carbocycles. The SMILES string of the molecule is CC(C)(C)OC(=O)[N+]1([Si])[C@H](C=O)COC1(C)C. The van der Waals surface area contributed by atoms with Gasteiger partial charge in [-0.05, 0) is 20.8 Å². The van der Waals surface area contributed by atoms with Gasteiger partial charge in [0.2, 0.25) is 0 Å². The fourth-order valence-corrected chi connectivity index (χ4v) is 1.97. The molecular weight excluding hydrogens is 238 g/mol. The predicted octanol–water partition coefficient (Wildman–Crippen LogP) is 1.16. The zero-order chi connectivity index (χ0) is 13.5. The molecule has 3 radical (unpaired) electrons. The second-order valence-electron chi connectivity index (χ2n) is 5.66. The van der Waals surface area contributed by atoms with Gasteiger partial charge in [0.25, 0.3) is 0 Å². The summed E-state index contributed by atoms with van der Waals surface area (Å²) in [6, 6.07) is -0.600. The lowest BCUT2D eigenvalue weighted by molar-refractivity contribution is -0.815. The molecule has 1 aliphatic rings. The minimum absolute atomic E-state index is 0.194. The smallest absolute Gasteiger partial charge is 0.416 e. The molecule has 95 valence electrons. The maximum absolute atomic E-state index is 12.2. The van der Waals surface area contributed by atoms with Crippen molar-refractivity contribution in [2.24, 2.45) is 0 Å². The van der Waals surface area contributed by atoms with Crippen molar-refractivity contribution in [2.75, 3.05) is 6.61 Å². The number of carbonyl (C=O) groups is 2. The fourth-order valence-electron chi connectivity index (χ4n) is 1.72. The molecule has 6 heteroatoms. The van der Waals surface area contributed by atoms with Gasteiger partial charge in [0.15, 0.2) is 18.1 Å². The molecule has 5 nitrogen and oxygen atoms in total. The summed E-state index contributed by atoms with van der Waals surface area (Å²) in [4.78, 5) is 23.3. The lowest BCUT2D eigenvalue weighted by Crippen LogP contribution is -2.65.